The lowest BCUT2D eigenvalue weighted by Gasteiger charge is -2.09. The van der Waals surface area contributed by atoms with Gasteiger partial charge in [-0.15, -0.1) is 0 Å². The quantitative estimate of drug-likeness (QED) is 0.762. The molecule has 110 valence electrons. The first-order valence-electron chi connectivity index (χ1n) is 6.79. The molecule has 0 bridgehead atoms. The molecule has 4 N–H and O–H groups in total. The predicted molar refractivity (Wildman–Crippen MR) is 83.3 cm³/mol. The summed E-state index contributed by atoms with van der Waals surface area (Å²) in [6.07, 6.45) is 0. The van der Waals surface area contributed by atoms with E-state index in [1.165, 1.54) is 0 Å². The molecule has 0 aliphatic carbocycles. The van der Waals surface area contributed by atoms with Gasteiger partial charge in [-0.3, -0.25) is 0 Å². The molecule has 0 aliphatic rings. The van der Waals surface area contributed by atoms with E-state index in [-0.39, 0.29) is 6.03 Å². The fraction of sp³-hybridized carbons (Fsp3) is 0.188. The van der Waals surface area contributed by atoms with Gasteiger partial charge in [-0.1, -0.05) is 36.4 Å². The van der Waals surface area contributed by atoms with Crippen LogP contribution in [0.25, 0.3) is 0 Å². The molecular formula is C16H19N3O2. The van der Waals surface area contributed by atoms with Crippen LogP contribution < -0.4 is 21.1 Å². The summed E-state index contributed by atoms with van der Waals surface area (Å²) in [5.74, 6) is 0.682. The average molecular weight is 285 g/mol. The molecule has 0 radical (unpaired) electrons. The minimum Gasteiger partial charge on any atom is -0.492 e. The van der Waals surface area contributed by atoms with Gasteiger partial charge in [0, 0.05) is 24.8 Å². The summed E-state index contributed by atoms with van der Waals surface area (Å²) in [5, 5.41) is 5.57. The molecule has 2 rings (SSSR count). The smallest absolute Gasteiger partial charge is 0.319 e. The minimum absolute atomic E-state index is 0.255. The van der Waals surface area contributed by atoms with Crippen molar-refractivity contribution in [2.45, 2.75) is 6.54 Å². The summed E-state index contributed by atoms with van der Waals surface area (Å²) in [5.41, 5.74) is 7.11. The van der Waals surface area contributed by atoms with Gasteiger partial charge in [-0.2, -0.15) is 0 Å². The van der Waals surface area contributed by atoms with Gasteiger partial charge in [0.1, 0.15) is 12.4 Å². The van der Waals surface area contributed by atoms with E-state index in [0.717, 1.165) is 5.56 Å². The van der Waals surface area contributed by atoms with Crippen LogP contribution in [-0.2, 0) is 6.54 Å². The van der Waals surface area contributed by atoms with E-state index >= 15 is 0 Å². The van der Waals surface area contributed by atoms with Crippen LogP contribution in [0.4, 0.5) is 10.5 Å². The SMILES string of the molecule is NCCOc1cccc(NC(=O)NCc2ccccc2)c1. The van der Waals surface area contributed by atoms with Crippen LogP contribution in [0, 0.1) is 0 Å². The third-order valence-corrected chi connectivity index (χ3v) is 2.77. The Bertz CT molecular complexity index is 573. The number of benzene rings is 2. The number of ether oxygens (including phenoxy) is 1. The van der Waals surface area contributed by atoms with Crippen molar-refractivity contribution in [3.8, 4) is 5.75 Å². The Morgan fingerprint density at radius 1 is 1.10 bits per heavy atom. The zero-order chi connectivity index (χ0) is 14.9. The fourth-order valence-electron chi connectivity index (χ4n) is 1.79. The van der Waals surface area contributed by atoms with Gasteiger partial charge in [0.25, 0.3) is 0 Å². The molecule has 2 amide bonds. The third kappa shape index (κ3) is 5.16. The number of carbonyl (C=O) groups is 1. The first-order chi connectivity index (χ1) is 10.3. The number of carbonyl (C=O) groups excluding carboxylic acids is 1. The lowest BCUT2D eigenvalue weighted by molar-refractivity contribution is 0.251. The first-order valence-corrected chi connectivity index (χ1v) is 6.79. The average Bonchev–Trinajstić information content (AvgIpc) is 2.52. The number of urea groups is 1. The van der Waals surface area contributed by atoms with Crippen LogP contribution in [0.2, 0.25) is 0 Å². The van der Waals surface area contributed by atoms with E-state index in [1.807, 2.05) is 42.5 Å². The number of nitrogens with two attached hydrogens (primary N) is 1. The molecule has 2 aromatic rings. The molecule has 0 heterocycles. The molecule has 0 aliphatic heterocycles. The molecular weight excluding hydrogens is 266 g/mol. The van der Waals surface area contributed by atoms with Crippen LogP contribution in [0.3, 0.4) is 0 Å². The Hall–Kier alpha value is -2.53. The zero-order valence-electron chi connectivity index (χ0n) is 11.7. The zero-order valence-corrected chi connectivity index (χ0v) is 11.7. The second kappa shape index (κ2) is 7.91. The summed E-state index contributed by atoms with van der Waals surface area (Å²) in [4.78, 5) is 11.8. The number of nitrogens with one attached hydrogen (secondary N) is 2. The Morgan fingerprint density at radius 2 is 1.90 bits per heavy atom. The topological polar surface area (TPSA) is 76.4 Å². The van der Waals surface area contributed by atoms with Crippen LogP contribution >= 0.6 is 0 Å². The largest absolute Gasteiger partial charge is 0.492 e. The van der Waals surface area contributed by atoms with Crippen molar-refractivity contribution < 1.29 is 9.53 Å². The summed E-state index contributed by atoms with van der Waals surface area (Å²) < 4.78 is 5.41. The monoisotopic (exact) mass is 285 g/mol. The number of hydrogen-bond donors (Lipinski definition) is 3. The first kappa shape index (κ1) is 14.9. The highest BCUT2D eigenvalue weighted by atomic mass is 16.5. The van der Waals surface area contributed by atoms with Gasteiger partial charge in [0.15, 0.2) is 0 Å². The maximum atomic E-state index is 11.8. The summed E-state index contributed by atoms with van der Waals surface area (Å²) >= 11 is 0. The molecule has 0 saturated heterocycles. The van der Waals surface area contributed by atoms with Crippen molar-refractivity contribution >= 4 is 11.7 Å². The van der Waals surface area contributed by atoms with Gasteiger partial charge in [-0.05, 0) is 17.7 Å². The van der Waals surface area contributed by atoms with E-state index < -0.39 is 0 Å². The van der Waals surface area contributed by atoms with E-state index in [2.05, 4.69) is 10.6 Å². The molecule has 2 aromatic carbocycles. The molecule has 0 fully saturated rings. The van der Waals surface area contributed by atoms with Crippen molar-refractivity contribution in [2.24, 2.45) is 5.73 Å². The molecule has 0 atom stereocenters. The normalized spacial score (nSPS) is 9.95. The molecule has 0 spiro atoms. The van der Waals surface area contributed by atoms with Crippen molar-refractivity contribution in [3.05, 3.63) is 60.2 Å². The maximum absolute atomic E-state index is 11.8. The molecule has 21 heavy (non-hydrogen) atoms. The van der Waals surface area contributed by atoms with Crippen LogP contribution in [0.1, 0.15) is 5.56 Å². The minimum atomic E-state index is -0.255. The Morgan fingerprint density at radius 3 is 2.67 bits per heavy atom. The molecule has 0 aromatic heterocycles. The fourth-order valence-corrected chi connectivity index (χ4v) is 1.79. The van der Waals surface area contributed by atoms with Gasteiger partial charge in [0.05, 0.1) is 0 Å². The second-order valence-corrected chi connectivity index (χ2v) is 4.46. The molecule has 5 nitrogen and oxygen atoms in total. The Kier molecular flexibility index (Phi) is 5.60. The van der Waals surface area contributed by atoms with Crippen LogP contribution in [-0.4, -0.2) is 19.2 Å². The van der Waals surface area contributed by atoms with Crippen molar-refractivity contribution in [2.75, 3.05) is 18.5 Å². The molecule has 0 saturated carbocycles. The number of rotatable bonds is 6. The lowest BCUT2D eigenvalue weighted by atomic mass is 10.2. The van der Waals surface area contributed by atoms with E-state index in [0.29, 0.717) is 31.1 Å². The predicted octanol–water partition coefficient (Wildman–Crippen LogP) is 2.35. The second-order valence-electron chi connectivity index (χ2n) is 4.46. The van der Waals surface area contributed by atoms with E-state index in [4.69, 9.17) is 10.5 Å². The van der Waals surface area contributed by atoms with Gasteiger partial charge >= 0.3 is 6.03 Å². The van der Waals surface area contributed by atoms with E-state index in [9.17, 15) is 4.79 Å². The standard InChI is InChI=1S/C16H19N3O2/c17-9-10-21-15-8-4-7-14(11-15)19-16(20)18-12-13-5-2-1-3-6-13/h1-8,11H,9-10,12,17H2,(H2,18,19,20). The highest BCUT2D eigenvalue weighted by molar-refractivity contribution is 5.89. The van der Waals surface area contributed by atoms with E-state index in [1.54, 1.807) is 12.1 Å². The maximum Gasteiger partial charge on any atom is 0.319 e. The number of anilines is 1. The summed E-state index contributed by atoms with van der Waals surface area (Å²) in [6.45, 7) is 1.38. The highest BCUT2D eigenvalue weighted by Crippen LogP contribution is 2.17. The van der Waals surface area contributed by atoms with Gasteiger partial charge in [0.2, 0.25) is 0 Å². The van der Waals surface area contributed by atoms with Gasteiger partial charge < -0.3 is 21.1 Å². The van der Waals surface area contributed by atoms with Crippen molar-refractivity contribution in [1.29, 1.82) is 0 Å². The number of amides is 2. The van der Waals surface area contributed by atoms with Gasteiger partial charge in [-0.25, -0.2) is 4.79 Å². The molecule has 0 unspecified atom stereocenters. The third-order valence-electron chi connectivity index (χ3n) is 2.77. The van der Waals surface area contributed by atoms with Crippen molar-refractivity contribution in [1.82, 2.24) is 5.32 Å². The van der Waals surface area contributed by atoms with Crippen LogP contribution in [0.15, 0.2) is 54.6 Å². The number of hydrogen-bond acceptors (Lipinski definition) is 3. The van der Waals surface area contributed by atoms with Crippen LogP contribution in [0.5, 0.6) is 5.75 Å². The molecule has 5 heteroatoms. The van der Waals surface area contributed by atoms with Crippen molar-refractivity contribution in [3.63, 3.8) is 0 Å². The summed E-state index contributed by atoms with van der Waals surface area (Å²) in [6, 6.07) is 16.7. The lowest BCUT2D eigenvalue weighted by Crippen LogP contribution is -2.28. The Balaban J connectivity index is 1.84. The highest BCUT2D eigenvalue weighted by Gasteiger charge is 2.02. The summed E-state index contributed by atoms with van der Waals surface area (Å²) in [7, 11) is 0. The Labute approximate surface area is 124 Å².